The van der Waals surface area contributed by atoms with Crippen molar-refractivity contribution in [2.45, 2.75) is 20.0 Å². The third-order valence-electron chi connectivity index (χ3n) is 3.81. The van der Waals surface area contributed by atoms with Crippen molar-refractivity contribution < 1.29 is 23.8 Å². The van der Waals surface area contributed by atoms with E-state index in [-0.39, 0.29) is 12.4 Å². The molecule has 0 radical (unpaired) electrons. The summed E-state index contributed by atoms with van der Waals surface area (Å²) in [6, 6.07) is 14.5. The molecule has 130 valence electrons. The van der Waals surface area contributed by atoms with Crippen molar-refractivity contribution in [1.82, 2.24) is 0 Å². The Kier molecular flexibility index (Phi) is 5.36. The molecular formula is C20H20O5. The maximum absolute atomic E-state index is 12.3. The molecule has 1 aromatic heterocycles. The number of furan rings is 1. The van der Waals surface area contributed by atoms with Crippen LogP contribution in [0.4, 0.5) is 0 Å². The molecule has 0 fully saturated rings. The summed E-state index contributed by atoms with van der Waals surface area (Å²) in [5.74, 6) is 0.128. The van der Waals surface area contributed by atoms with Crippen molar-refractivity contribution in [3.8, 4) is 5.75 Å². The van der Waals surface area contributed by atoms with Gasteiger partial charge in [0.2, 0.25) is 0 Å². The van der Waals surface area contributed by atoms with Gasteiger partial charge in [-0.3, -0.25) is 0 Å². The zero-order chi connectivity index (χ0) is 17.6. The lowest BCUT2D eigenvalue weighted by molar-refractivity contribution is 0.0524. The van der Waals surface area contributed by atoms with Crippen molar-refractivity contribution in [3.63, 3.8) is 0 Å². The number of aromatic hydroxyl groups is 1. The predicted octanol–water partition coefficient (Wildman–Crippen LogP) is 4.07. The monoisotopic (exact) mass is 340 g/mol. The Morgan fingerprint density at radius 1 is 1.16 bits per heavy atom. The van der Waals surface area contributed by atoms with E-state index in [2.05, 4.69) is 0 Å². The average Bonchev–Trinajstić information content (AvgIpc) is 2.97. The summed E-state index contributed by atoms with van der Waals surface area (Å²) in [6.07, 6.45) is 0.441. The van der Waals surface area contributed by atoms with Gasteiger partial charge in [0.25, 0.3) is 0 Å². The number of ether oxygens (including phenoxy) is 2. The van der Waals surface area contributed by atoms with Crippen LogP contribution in [0, 0.1) is 0 Å². The van der Waals surface area contributed by atoms with E-state index in [0.717, 1.165) is 5.56 Å². The third-order valence-corrected chi connectivity index (χ3v) is 3.81. The number of esters is 1. The van der Waals surface area contributed by atoms with Crippen LogP contribution in [0.1, 0.15) is 28.6 Å². The molecule has 3 rings (SSSR count). The number of hydrogen-bond acceptors (Lipinski definition) is 5. The van der Waals surface area contributed by atoms with Gasteiger partial charge in [-0.1, -0.05) is 30.3 Å². The van der Waals surface area contributed by atoms with Crippen LogP contribution in [0.2, 0.25) is 0 Å². The summed E-state index contributed by atoms with van der Waals surface area (Å²) >= 11 is 0. The van der Waals surface area contributed by atoms with Gasteiger partial charge < -0.3 is 19.0 Å². The largest absolute Gasteiger partial charge is 0.508 e. The van der Waals surface area contributed by atoms with E-state index in [4.69, 9.17) is 13.9 Å². The van der Waals surface area contributed by atoms with Crippen LogP contribution in [0.25, 0.3) is 11.0 Å². The van der Waals surface area contributed by atoms with E-state index < -0.39 is 5.97 Å². The Labute approximate surface area is 145 Å². The van der Waals surface area contributed by atoms with E-state index in [9.17, 15) is 9.90 Å². The summed E-state index contributed by atoms with van der Waals surface area (Å²) in [4.78, 5) is 12.3. The molecule has 25 heavy (non-hydrogen) atoms. The average molecular weight is 340 g/mol. The Hall–Kier alpha value is -2.79. The summed E-state index contributed by atoms with van der Waals surface area (Å²) < 4.78 is 16.6. The molecule has 0 saturated heterocycles. The zero-order valence-electron chi connectivity index (χ0n) is 14.0. The first-order valence-corrected chi connectivity index (χ1v) is 8.22. The lowest BCUT2D eigenvalue weighted by Gasteiger charge is -2.05. The minimum atomic E-state index is -0.454. The van der Waals surface area contributed by atoms with E-state index in [1.54, 1.807) is 13.0 Å². The summed E-state index contributed by atoms with van der Waals surface area (Å²) in [5.41, 5.74) is 1.98. The van der Waals surface area contributed by atoms with Gasteiger partial charge in [0.15, 0.2) is 0 Å². The highest BCUT2D eigenvalue weighted by Crippen LogP contribution is 2.30. The number of hydrogen-bond donors (Lipinski definition) is 1. The lowest BCUT2D eigenvalue weighted by atomic mass is 10.1. The molecule has 0 amide bonds. The normalized spacial score (nSPS) is 10.9. The maximum Gasteiger partial charge on any atom is 0.342 e. The van der Waals surface area contributed by atoms with E-state index in [1.807, 2.05) is 30.3 Å². The van der Waals surface area contributed by atoms with Crippen molar-refractivity contribution >= 4 is 16.9 Å². The highest BCUT2D eigenvalue weighted by Gasteiger charge is 2.22. The minimum absolute atomic E-state index is 0.0747. The van der Waals surface area contributed by atoms with Gasteiger partial charge in [-0.25, -0.2) is 4.79 Å². The Morgan fingerprint density at radius 2 is 1.96 bits per heavy atom. The van der Waals surface area contributed by atoms with Crippen molar-refractivity contribution in [3.05, 3.63) is 65.4 Å². The van der Waals surface area contributed by atoms with Crippen LogP contribution in [-0.2, 0) is 22.5 Å². The van der Waals surface area contributed by atoms with Gasteiger partial charge >= 0.3 is 5.97 Å². The molecule has 1 N–H and O–H groups in total. The molecule has 3 aromatic rings. The predicted molar refractivity (Wildman–Crippen MR) is 93.6 cm³/mol. The summed E-state index contributed by atoms with van der Waals surface area (Å²) in [7, 11) is 0. The lowest BCUT2D eigenvalue weighted by Crippen LogP contribution is -2.08. The maximum atomic E-state index is 12.3. The topological polar surface area (TPSA) is 68.9 Å². The Bertz CT molecular complexity index is 851. The molecule has 0 aliphatic carbocycles. The first kappa shape index (κ1) is 17.0. The highest BCUT2D eigenvalue weighted by atomic mass is 16.5. The van der Waals surface area contributed by atoms with E-state index >= 15 is 0 Å². The Balaban J connectivity index is 1.75. The van der Waals surface area contributed by atoms with Crippen LogP contribution in [0.15, 0.2) is 52.9 Å². The van der Waals surface area contributed by atoms with Crippen LogP contribution >= 0.6 is 0 Å². The first-order valence-electron chi connectivity index (χ1n) is 8.22. The van der Waals surface area contributed by atoms with E-state index in [1.165, 1.54) is 12.1 Å². The number of benzene rings is 2. The molecule has 0 aliphatic rings. The number of phenols is 1. The molecule has 0 atom stereocenters. The van der Waals surface area contributed by atoms with E-state index in [0.29, 0.717) is 41.9 Å². The molecule has 0 spiro atoms. The fourth-order valence-electron chi connectivity index (χ4n) is 2.67. The molecule has 5 heteroatoms. The van der Waals surface area contributed by atoms with Gasteiger partial charge in [-0.2, -0.15) is 0 Å². The second-order valence-electron chi connectivity index (χ2n) is 5.59. The number of carbonyl (C=O) groups is 1. The van der Waals surface area contributed by atoms with Crippen molar-refractivity contribution in [2.24, 2.45) is 0 Å². The van der Waals surface area contributed by atoms with Gasteiger partial charge in [-0.15, -0.1) is 0 Å². The van der Waals surface area contributed by atoms with Crippen LogP contribution < -0.4 is 0 Å². The second-order valence-corrected chi connectivity index (χ2v) is 5.59. The molecule has 1 heterocycles. The van der Waals surface area contributed by atoms with Crippen molar-refractivity contribution in [1.29, 1.82) is 0 Å². The van der Waals surface area contributed by atoms with Crippen LogP contribution in [-0.4, -0.2) is 24.3 Å². The fraction of sp³-hybridized carbons (Fsp3) is 0.250. The molecule has 5 nitrogen and oxygen atoms in total. The van der Waals surface area contributed by atoms with Gasteiger partial charge in [0.1, 0.15) is 22.7 Å². The van der Waals surface area contributed by atoms with Gasteiger partial charge in [0, 0.05) is 11.8 Å². The molecule has 2 aromatic carbocycles. The molecule has 0 unspecified atom stereocenters. The standard InChI is InChI=1S/C20H20O5/c1-2-24-20(22)19-16-12-15(21)8-9-17(16)25-18(19)10-11-23-13-14-6-4-3-5-7-14/h3-9,12,21H,2,10-11,13H2,1H3. The number of rotatable bonds is 7. The van der Waals surface area contributed by atoms with Crippen molar-refractivity contribution in [2.75, 3.05) is 13.2 Å². The molecule has 0 bridgehead atoms. The number of phenolic OH excluding ortho intramolecular Hbond substituents is 1. The molecule has 0 saturated carbocycles. The van der Waals surface area contributed by atoms with Crippen LogP contribution in [0.5, 0.6) is 5.75 Å². The first-order chi connectivity index (χ1) is 12.2. The molecule has 0 aliphatic heterocycles. The quantitative estimate of drug-likeness (QED) is 0.518. The fourth-order valence-corrected chi connectivity index (χ4v) is 2.67. The number of carbonyl (C=O) groups excluding carboxylic acids is 1. The van der Waals surface area contributed by atoms with Gasteiger partial charge in [0.05, 0.1) is 19.8 Å². The minimum Gasteiger partial charge on any atom is -0.508 e. The SMILES string of the molecule is CCOC(=O)c1c(CCOCc2ccccc2)oc2ccc(O)cc12. The van der Waals surface area contributed by atoms with Crippen LogP contribution in [0.3, 0.4) is 0 Å². The summed E-state index contributed by atoms with van der Waals surface area (Å²) in [6.45, 7) is 2.93. The second kappa shape index (κ2) is 7.85. The van der Waals surface area contributed by atoms with Gasteiger partial charge in [-0.05, 0) is 30.7 Å². The number of fused-ring (bicyclic) bond motifs is 1. The molecular weight excluding hydrogens is 320 g/mol. The smallest absolute Gasteiger partial charge is 0.342 e. The Morgan fingerprint density at radius 3 is 2.72 bits per heavy atom. The zero-order valence-corrected chi connectivity index (χ0v) is 14.0. The highest BCUT2D eigenvalue weighted by molar-refractivity contribution is 6.05. The third kappa shape index (κ3) is 4.00. The summed E-state index contributed by atoms with van der Waals surface area (Å²) in [5, 5.41) is 10.2.